The van der Waals surface area contributed by atoms with Crippen LogP contribution in [0.25, 0.3) is 17.2 Å². The van der Waals surface area contributed by atoms with E-state index in [1.807, 2.05) is 31.2 Å². The lowest BCUT2D eigenvalue weighted by Gasteiger charge is -2.47. The van der Waals surface area contributed by atoms with Gasteiger partial charge >= 0.3 is 12.1 Å². The predicted octanol–water partition coefficient (Wildman–Crippen LogP) is 5.63. The summed E-state index contributed by atoms with van der Waals surface area (Å²) in [6, 6.07) is 10.4. The SMILES string of the molecule is CCOC(=O)N[C@@H]1CC[C@H]2[C@@H](C1)C[C@H]1C(=O)O[C@@H](C)[C@H]1[C@@H]2C=Cc1ccc(-c2cccc(F)c2)cn1. The second-order valence-electron chi connectivity index (χ2n) is 10.3. The van der Waals surface area contributed by atoms with Gasteiger partial charge in [-0.25, -0.2) is 9.18 Å². The third-order valence-corrected chi connectivity index (χ3v) is 8.18. The number of alkyl carbamates (subject to hydrolysis) is 1. The highest BCUT2D eigenvalue weighted by atomic mass is 19.1. The molecule has 0 radical (unpaired) electrons. The van der Waals surface area contributed by atoms with E-state index in [0.29, 0.717) is 18.4 Å². The largest absolute Gasteiger partial charge is 0.462 e. The van der Waals surface area contributed by atoms with E-state index in [1.54, 1.807) is 19.2 Å². The minimum atomic E-state index is -0.368. The summed E-state index contributed by atoms with van der Waals surface area (Å²) in [6.45, 7) is 4.15. The minimum absolute atomic E-state index is 0.0679. The number of hydrogen-bond donors (Lipinski definition) is 1. The van der Waals surface area contributed by atoms with Gasteiger partial charge in [0.2, 0.25) is 0 Å². The molecule has 1 amide bonds. The molecule has 2 heterocycles. The summed E-state index contributed by atoms with van der Waals surface area (Å²) in [7, 11) is 0. The predicted molar refractivity (Wildman–Crippen MR) is 134 cm³/mol. The molecule has 7 heteroatoms. The van der Waals surface area contributed by atoms with Gasteiger partial charge in [0, 0.05) is 23.7 Å². The topological polar surface area (TPSA) is 77.5 Å². The third-order valence-electron chi connectivity index (χ3n) is 8.18. The Morgan fingerprint density at radius 2 is 2.08 bits per heavy atom. The monoisotopic (exact) mass is 492 g/mol. The van der Waals surface area contributed by atoms with E-state index in [0.717, 1.165) is 42.5 Å². The van der Waals surface area contributed by atoms with Crippen molar-refractivity contribution < 1.29 is 23.5 Å². The number of pyridine rings is 1. The molecule has 7 atom stereocenters. The zero-order chi connectivity index (χ0) is 25.2. The number of hydrogen-bond acceptors (Lipinski definition) is 5. The smallest absolute Gasteiger partial charge is 0.407 e. The maximum atomic E-state index is 13.6. The van der Waals surface area contributed by atoms with Crippen LogP contribution < -0.4 is 5.32 Å². The van der Waals surface area contributed by atoms with Crippen LogP contribution in [-0.4, -0.2) is 35.8 Å². The summed E-state index contributed by atoms with van der Waals surface area (Å²) >= 11 is 0. The molecule has 3 fully saturated rings. The van der Waals surface area contributed by atoms with Crippen LogP contribution in [-0.2, 0) is 14.3 Å². The van der Waals surface area contributed by atoms with Gasteiger partial charge in [0.1, 0.15) is 11.9 Å². The quantitative estimate of drug-likeness (QED) is 0.548. The number of cyclic esters (lactones) is 1. The molecule has 2 saturated carbocycles. The molecule has 5 rings (SSSR count). The van der Waals surface area contributed by atoms with Crippen molar-refractivity contribution in [2.24, 2.45) is 29.6 Å². The number of amides is 1. The number of fused-ring (bicyclic) bond motifs is 2. The zero-order valence-electron chi connectivity index (χ0n) is 20.7. The first kappa shape index (κ1) is 24.5. The normalized spacial score (nSPS) is 31.4. The molecule has 36 heavy (non-hydrogen) atoms. The van der Waals surface area contributed by atoms with Crippen LogP contribution in [0.15, 0.2) is 48.7 Å². The molecular formula is C29H33FN2O4. The number of rotatable bonds is 5. The Morgan fingerprint density at radius 1 is 1.22 bits per heavy atom. The fraction of sp³-hybridized carbons (Fsp3) is 0.483. The zero-order valence-corrected chi connectivity index (χ0v) is 20.7. The van der Waals surface area contributed by atoms with Crippen molar-refractivity contribution in [1.29, 1.82) is 0 Å². The van der Waals surface area contributed by atoms with E-state index in [9.17, 15) is 14.0 Å². The first-order chi connectivity index (χ1) is 17.4. The molecule has 0 spiro atoms. The molecule has 190 valence electrons. The van der Waals surface area contributed by atoms with Crippen molar-refractivity contribution in [2.45, 2.75) is 51.7 Å². The average Bonchev–Trinajstić information content (AvgIpc) is 3.15. The van der Waals surface area contributed by atoms with Crippen LogP contribution in [0.1, 0.15) is 45.2 Å². The van der Waals surface area contributed by atoms with Crippen molar-refractivity contribution in [3.63, 3.8) is 0 Å². The van der Waals surface area contributed by atoms with Gasteiger partial charge in [0.25, 0.3) is 0 Å². The van der Waals surface area contributed by atoms with Gasteiger partial charge in [-0.1, -0.05) is 24.3 Å². The lowest BCUT2D eigenvalue weighted by molar-refractivity contribution is -0.144. The van der Waals surface area contributed by atoms with E-state index in [1.165, 1.54) is 12.1 Å². The molecular weight excluding hydrogens is 459 g/mol. The Balaban J connectivity index is 1.34. The van der Waals surface area contributed by atoms with Gasteiger partial charge in [-0.3, -0.25) is 9.78 Å². The maximum Gasteiger partial charge on any atom is 0.407 e. The van der Waals surface area contributed by atoms with Gasteiger partial charge in [-0.15, -0.1) is 0 Å². The lowest BCUT2D eigenvalue weighted by Crippen LogP contribution is -2.48. The maximum absolute atomic E-state index is 13.6. The highest BCUT2D eigenvalue weighted by Crippen LogP contribution is 2.53. The molecule has 2 aliphatic carbocycles. The molecule has 3 aliphatic rings. The van der Waals surface area contributed by atoms with E-state index in [2.05, 4.69) is 16.4 Å². The Bertz CT molecular complexity index is 1130. The number of carbonyl (C=O) groups is 2. The Labute approximate surface area is 211 Å². The second-order valence-corrected chi connectivity index (χ2v) is 10.3. The molecule has 1 saturated heterocycles. The summed E-state index contributed by atoms with van der Waals surface area (Å²) < 4.78 is 24.3. The van der Waals surface area contributed by atoms with Gasteiger partial charge in [0.05, 0.1) is 18.2 Å². The number of esters is 1. The average molecular weight is 493 g/mol. The number of halogens is 1. The van der Waals surface area contributed by atoms with Gasteiger partial charge in [-0.05, 0) is 87.1 Å². The summed E-state index contributed by atoms with van der Waals surface area (Å²) in [5.41, 5.74) is 2.48. The van der Waals surface area contributed by atoms with Gasteiger partial charge < -0.3 is 14.8 Å². The first-order valence-corrected chi connectivity index (χ1v) is 13.0. The van der Waals surface area contributed by atoms with Crippen molar-refractivity contribution >= 4 is 18.1 Å². The molecule has 6 nitrogen and oxygen atoms in total. The number of benzene rings is 1. The van der Waals surface area contributed by atoms with Crippen molar-refractivity contribution in [3.8, 4) is 11.1 Å². The highest BCUT2D eigenvalue weighted by molar-refractivity contribution is 5.75. The number of allylic oxidation sites excluding steroid dienone is 1. The Morgan fingerprint density at radius 3 is 2.83 bits per heavy atom. The van der Waals surface area contributed by atoms with Crippen molar-refractivity contribution in [2.75, 3.05) is 6.61 Å². The van der Waals surface area contributed by atoms with Gasteiger partial charge in [0.15, 0.2) is 0 Å². The summed E-state index contributed by atoms with van der Waals surface area (Å²) in [5, 5.41) is 3.00. The van der Waals surface area contributed by atoms with Crippen LogP contribution in [0.5, 0.6) is 0 Å². The molecule has 1 aromatic heterocycles. The molecule has 1 aliphatic heterocycles. The highest BCUT2D eigenvalue weighted by Gasteiger charge is 2.54. The van der Waals surface area contributed by atoms with Crippen LogP contribution >= 0.6 is 0 Å². The lowest BCUT2D eigenvalue weighted by atomic mass is 9.57. The van der Waals surface area contributed by atoms with Crippen LogP contribution in [0.2, 0.25) is 0 Å². The summed E-state index contributed by atoms with van der Waals surface area (Å²) in [6.07, 6.45) is 9.07. The van der Waals surface area contributed by atoms with Crippen LogP contribution in [0.4, 0.5) is 9.18 Å². The molecule has 0 unspecified atom stereocenters. The summed E-state index contributed by atoms with van der Waals surface area (Å²) in [4.78, 5) is 29.2. The van der Waals surface area contributed by atoms with Crippen LogP contribution in [0, 0.1) is 35.4 Å². The summed E-state index contributed by atoms with van der Waals surface area (Å²) in [5.74, 6) is 0.629. The molecule has 0 bridgehead atoms. The minimum Gasteiger partial charge on any atom is -0.462 e. The number of nitrogens with one attached hydrogen (secondary N) is 1. The number of nitrogens with zero attached hydrogens (tertiary/aromatic N) is 1. The standard InChI is InChI=1S/C29H33FN2O4/c1-3-35-29(34)32-23-10-11-24-20(14-23)15-26-27(17(2)36-28(26)33)25(24)12-9-22-8-7-19(16-31-22)18-5-4-6-21(30)13-18/h4-9,12-13,16-17,20,23-27H,3,10-11,14-15H2,1-2H3,(H,32,34)/t17-,20-,23+,24-,25+,26+,27-/m0/s1. The van der Waals surface area contributed by atoms with E-state index < -0.39 is 0 Å². The fourth-order valence-corrected chi connectivity index (χ4v) is 6.64. The Hall–Kier alpha value is -3.22. The van der Waals surface area contributed by atoms with E-state index in [-0.39, 0.29) is 47.8 Å². The number of aromatic nitrogens is 1. The number of carbonyl (C=O) groups excluding carboxylic acids is 2. The number of ether oxygens (including phenoxy) is 2. The molecule has 1 N–H and O–H groups in total. The van der Waals surface area contributed by atoms with Crippen molar-refractivity contribution in [3.05, 3.63) is 60.2 Å². The second kappa shape index (κ2) is 10.4. The first-order valence-electron chi connectivity index (χ1n) is 13.0. The van der Waals surface area contributed by atoms with E-state index >= 15 is 0 Å². The fourth-order valence-electron chi connectivity index (χ4n) is 6.64. The molecule has 2 aromatic rings. The molecule has 1 aromatic carbocycles. The van der Waals surface area contributed by atoms with E-state index in [4.69, 9.17) is 9.47 Å². The van der Waals surface area contributed by atoms with Gasteiger partial charge in [-0.2, -0.15) is 0 Å². The van der Waals surface area contributed by atoms with Crippen LogP contribution in [0.3, 0.4) is 0 Å². The van der Waals surface area contributed by atoms with Crippen molar-refractivity contribution in [1.82, 2.24) is 10.3 Å². The third kappa shape index (κ3) is 5.01. The Kier molecular flexibility index (Phi) is 7.08.